The lowest BCUT2D eigenvalue weighted by Gasteiger charge is -2.54. The van der Waals surface area contributed by atoms with Crippen LogP contribution in [0, 0.1) is 0 Å². The van der Waals surface area contributed by atoms with E-state index in [9.17, 15) is 4.79 Å². The molecule has 0 spiro atoms. The van der Waals surface area contributed by atoms with Crippen molar-refractivity contribution in [3.05, 3.63) is 12.7 Å². The number of esters is 1. The molecular formula is C27H72O11Si10. The molecule has 21 heteroatoms. The highest BCUT2D eigenvalue weighted by atomic mass is 28.5. The molecule has 0 aliphatic carbocycles. The molecule has 0 bridgehead atoms. The molecule has 0 aromatic heterocycles. The van der Waals surface area contributed by atoms with Gasteiger partial charge in [0, 0.05) is 25.7 Å². The van der Waals surface area contributed by atoms with Gasteiger partial charge in [-0.3, -0.25) is 0 Å². The molecule has 0 aliphatic heterocycles. The van der Waals surface area contributed by atoms with E-state index in [1.165, 1.54) is 0 Å². The van der Waals surface area contributed by atoms with Crippen molar-refractivity contribution in [2.75, 3.05) is 0 Å². The van der Waals surface area contributed by atoms with Crippen molar-refractivity contribution < 1.29 is 47.5 Å². The van der Waals surface area contributed by atoms with Gasteiger partial charge < -0.3 is 42.7 Å². The SMILES string of the molecule is C=CC(=O)OC([SiH3])(O[Si](C)(O[Si](C)(C)C)O[Si](C)(C)C)C(C)(O[Si](C)(O[Si](C)(C)C)O[Si](C)(C)C)O[Si](C)(O[Si](C)(C)C)O[Si](C)(C)C. The fourth-order valence-corrected chi connectivity index (χ4v) is 39.4. The highest BCUT2D eigenvalue weighted by Crippen LogP contribution is 2.42. The summed E-state index contributed by atoms with van der Waals surface area (Å²) in [6, 6.07) is 0. The first-order chi connectivity index (χ1) is 20.6. The Bertz CT molecular complexity index is 995. The number of rotatable bonds is 21. The van der Waals surface area contributed by atoms with Gasteiger partial charge in [0.05, 0.1) is 10.2 Å². The maximum atomic E-state index is 13.3. The van der Waals surface area contributed by atoms with Gasteiger partial charge >= 0.3 is 32.4 Å². The van der Waals surface area contributed by atoms with Gasteiger partial charge in [-0.15, -0.1) is 0 Å². The second-order valence-corrected chi connectivity index (χ2v) is 56.0. The molecule has 286 valence electrons. The summed E-state index contributed by atoms with van der Waals surface area (Å²) in [6.07, 6.45) is 1.11. The number of carbonyl (C=O) groups excluding carboxylic acids is 1. The molecule has 0 aliphatic rings. The van der Waals surface area contributed by atoms with E-state index in [0.717, 1.165) is 6.08 Å². The van der Waals surface area contributed by atoms with Crippen LogP contribution in [-0.2, 0) is 47.5 Å². The van der Waals surface area contributed by atoms with Gasteiger partial charge in [0.25, 0.3) is 0 Å². The summed E-state index contributed by atoms with van der Waals surface area (Å²) in [4.78, 5) is 13.3. The summed E-state index contributed by atoms with van der Waals surface area (Å²) in [5.74, 6) is -2.56. The van der Waals surface area contributed by atoms with Crippen LogP contribution in [0.25, 0.3) is 0 Å². The quantitative estimate of drug-likeness (QED) is 0.0502. The number of carbonyl (C=O) groups is 1. The molecule has 48 heavy (non-hydrogen) atoms. The number of hydrogen-bond donors (Lipinski definition) is 0. The molecule has 0 fully saturated rings. The van der Waals surface area contributed by atoms with Crippen LogP contribution in [0.15, 0.2) is 12.7 Å². The minimum Gasteiger partial charge on any atom is -0.430 e. The van der Waals surface area contributed by atoms with Crippen molar-refractivity contribution in [3.63, 3.8) is 0 Å². The highest BCUT2D eigenvalue weighted by molar-refractivity contribution is 6.87. The van der Waals surface area contributed by atoms with Crippen LogP contribution in [-0.4, -0.2) is 104 Å². The first-order valence-corrected chi connectivity index (χ1v) is 44.9. The van der Waals surface area contributed by atoms with Crippen molar-refractivity contribution in [2.24, 2.45) is 0 Å². The Balaban J connectivity index is 8.13. The third kappa shape index (κ3) is 19.7. The van der Waals surface area contributed by atoms with E-state index in [1.807, 2.05) is 19.6 Å². The average Bonchev–Trinajstić information content (AvgIpc) is 2.62. The molecule has 0 rings (SSSR count). The van der Waals surface area contributed by atoms with Gasteiger partial charge in [-0.1, -0.05) is 6.58 Å². The summed E-state index contributed by atoms with van der Waals surface area (Å²) < 4.78 is 68.7. The Kier molecular flexibility index (Phi) is 16.5. The zero-order valence-electron chi connectivity index (χ0n) is 34.8. The van der Waals surface area contributed by atoms with Crippen LogP contribution < -0.4 is 0 Å². The highest BCUT2D eigenvalue weighted by Gasteiger charge is 2.65. The lowest BCUT2D eigenvalue weighted by Crippen LogP contribution is -2.74. The van der Waals surface area contributed by atoms with Crippen LogP contribution in [0.4, 0.5) is 0 Å². The predicted octanol–water partition coefficient (Wildman–Crippen LogP) is 7.32. The topological polar surface area (TPSA) is 109 Å². The van der Waals surface area contributed by atoms with Crippen LogP contribution in [0.5, 0.6) is 0 Å². The summed E-state index contributed by atoms with van der Waals surface area (Å²) >= 11 is 0. The monoisotopic (exact) mass is 852 g/mol. The molecule has 0 radical (unpaired) electrons. The van der Waals surface area contributed by atoms with Crippen LogP contribution in [0.1, 0.15) is 6.92 Å². The zero-order chi connectivity index (χ0) is 38.9. The van der Waals surface area contributed by atoms with Crippen LogP contribution in [0.3, 0.4) is 0 Å². The molecule has 1 atom stereocenters. The predicted molar refractivity (Wildman–Crippen MR) is 222 cm³/mol. The molecule has 1 unspecified atom stereocenters. The Morgan fingerprint density at radius 3 is 0.875 bits per heavy atom. The van der Waals surface area contributed by atoms with Crippen molar-refractivity contribution in [3.8, 4) is 0 Å². The molecule has 0 N–H and O–H groups in total. The Morgan fingerprint density at radius 1 is 0.479 bits per heavy atom. The largest absolute Gasteiger partial charge is 0.479 e. The number of hydrogen-bond acceptors (Lipinski definition) is 11. The standard InChI is InChI=1S/C27H72O11Si10/c1-24-25(28)29-27(39,32-48(23,37-44(15,16)17)38-45(18,19)20)26(2,30-46(21,33-40(3,4)5)34-41(6,7)8)31-47(22,35-42(9,10)11)36-43(12,13)14/h24H,1H2,2-23,39H3. The molecule has 0 heterocycles. The molecule has 0 saturated heterocycles. The minimum absolute atomic E-state index is 0.0563. The lowest BCUT2D eigenvalue weighted by molar-refractivity contribution is -0.303. The van der Waals surface area contributed by atoms with Crippen LogP contribution >= 0.6 is 0 Å². The van der Waals surface area contributed by atoms with Gasteiger partial charge in [-0.25, -0.2) is 4.79 Å². The van der Waals surface area contributed by atoms with Crippen LogP contribution in [0.2, 0.25) is 137 Å². The van der Waals surface area contributed by atoms with Gasteiger partial charge in [-0.2, -0.15) is 0 Å². The van der Waals surface area contributed by atoms with Crippen molar-refractivity contribution in [1.29, 1.82) is 0 Å². The average molecular weight is 854 g/mol. The summed E-state index contributed by atoms with van der Waals surface area (Å²) in [6.45, 7) is 48.6. The maximum absolute atomic E-state index is 13.3. The summed E-state index contributed by atoms with van der Waals surface area (Å²) in [5, 5.41) is 0. The van der Waals surface area contributed by atoms with E-state index < -0.39 is 93.5 Å². The Morgan fingerprint density at radius 2 is 0.688 bits per heavy atom. The Hall–Kier alpha value is 1.02. The first kappa shape index (κ1) is 49.0. The van der Waals surface area contributed by atoms with E-state index in [0.29, 0.717) is 0 Å². The smallest absolute Gasteiger partial charge is 0.430 e. The van der Waals surface area contributed by atoms with Crippen molar-refractivity contribution >= 4 is 92.5 Å². The van der Waals surface area contributed by atoms with E-state index in [2.05, 4.69) is 124 Å². The second-order valence-electron chi connectivity index (χ2n) is 18.7. The third-order valence-electron chi connectivity index (χ3n) is 5.38. The summed E-state index contributed by atoms with van der Waals surface area (Å²) in [7, 11) is -24.4. The van der Waals surface area contributed by atoms with Gasteiger partial charge in [0.1, 0.15) is 0 Å². The molecular weight excluding hydrogens is 781 g/mol. The lowest BCUT2D eigenvalue weighted by atomic mass is 10.3. The molecule has 0 saturated carbocycles. The van der Waals surface area contributed by atoms with Gasteiger partial charge in [-0.05, 0) is 125 Å². The van der Waals surface area contributed by atoms with E-state index in [1.54, 1.807) is 6.92 Å². The minimum atomic E-state index is -3.60. The third-order valence-corrected chi connectivity index (χ3v) is 33.0. The first-order valence-electron chi connectivity index (χ1n) is 16.7. The molecule has 0 amide bonds. The fraction of sp³-hybridized carbons (Fsp3) is 0.889. The van der Waals surface area contributed by atoms with Gasteiger partial charge in [0.15, 0.2) is 49.9 Å². The van der Waals surface area contributed by atoms with E-state index >= 15 is 0 Å². The van der Waals surface area contributed by atoms with Crippen molar-refractivity contribution in [1.82, 2.24) is 0 Å². The second kappa shape index (κ2) is 16.2. The van der Waals surface area contributed by atoms with Gasteiger partial charge in [0.2, 0.25) is 11.2 Å². The maximum Gasteiger partial charge on any atom is 0.479 e. The Labute approximate surface area is 306 Å². The number of ether oxygens (including phenoxy) is 1. The van der Waals surface area contributed by atoms with Crippen molar-refractivity contribution in [2.45, 2.75) is 156 Å². The molecule has 0 aromatic carbocycles. The fourth-order valence-electron chi connectivity index (χ4n) is 5.23. The summed E-state index contributed by atoms with van der Waals surface area (Å²) in [5.41, 5.74) is -1.85. The zero-order valence-corrected chi connectivity index (χ0v) is 45.8. The molecule has 11 nitrogen and oxygen atoms in total. The van der Waals surface area contributed by atoms with E-state index in [4.69, 9.17) is 42.7 Å². The molecule has 0 aromatic rings. The normalized spacial score (nSPS) is 16.5. The van der Waals surface area contributed by atoms with E-state index in [-0.39, 0.29) is 10.2 Å².